The summed E-state index contributed by atoms with van der Waals surface area (Å²) in [7, 11) is 0. The van der Waals surface area contributed by atoms with Crippen molar-refractivity contribution in [3.05, 3.63) is 95.6 Å². The zero-order valence-corrected chi connectivity index (χ0v) is 17.7. The zero-order chi connectivity index (χ0) is 22.8. The normalized spacial score (nSPS) is 10.9. The molecule has 0 saturated carbocycles. The van der Waals surface area contributed by atoms with Gasteiger partial charge in [0.25, 0.3) is 5.91 Å². The number of carbonyl (C=O) groups excluding carboxylic acids is 2. The molecule has 8 heteroatoms. The van der Waals surface area contributed by atoms with E-state index < -0.39 is 5.97 Å². The first-order valence-corrected chi connectivity index (χ1v) is 10.3. The fourth-order valence-electron chi connectivity index (χ4n) is 3.56. The SMILES string of the molecule is Cc1ccccc1C(=O)Nc1cnc2[nH]c(COC(=O)c3ccc4nccnc4c3)cc2c1. The van der Waals surface area contributed by atoms with Crippen LogP contribution >= 0.6 is 0 Å². The van der Waals surface area contributed by atoms with Crippen LogP contribution in [0.15, 0.2) is 73.2 Å². The van der Waals surface area contributed by atoms with Crippen LogP contribution in [-0.4, -0.2) is 31.8 Å². The van der Waals surface area contributed by atoms with Gasteiger partial charge in [-0.15, -0.1) is 0 Å². The molecule has 33 heavy (non-hydrogen) atoms. The van der Waals surface area contributed by atoms with Gasteiger partial charge in [0.05, 0.1) is 34.2 Å². The number of fused-ring (bicyclic) bond motifs is 2. The van der Waals surface area contributed by atoms with Crippen LogP contribution in [0.3, 0.4) is 0 Å². The second-order valence-corrected chi connectivity index (χ2v) is 7.56. The van der Waals surface area contributed by atoms with Gasteiger partial charge in [-0.25, -0.2) is 9.78 Å². The molecule has 1 amide bonds. The van der Waals surface area contributed by atoms with E-state index >= 15 is 0 Å². The number of esters is 1. The molecule has 0 spiro atoms. The van der Waals surface area contributed by atoms with Gasteiger partial charge in [0.15, 0.2) is 0 Å². The standard InChI is InChI=1S/C25H19N5O3/c1-15-4-2-3-5-20(15)24(31)30-18-10-17-11-19(29-23(17)28-13-18)14-33-25(32)16-6-7-21-22(12-16)27-9-8-26-21/h2-13H,14H2,1H3,(H,28,29)(H,30,31). The number of aromatic nitrogens is 4. The van der Waals surface area contributed by atoms with Crippen molar-refractivity contribution >= 4 is 39.6 Å². The van der Waals surface area contributed by atoms with E-state index in [0.29, 0.717) is 39.2 Å². The van der Waals surface area contributed by atoms with Crippen LogP contribution < -0.4 is 5.32 Å². The van der Waals surface area contributed by atoms with Gasteiger partial charge in [0.2, 0.25) is 0 Å². The van der Waals surface area contributed by atoms with Crippen molar-refractivity contribution in [2.45, 2.75) is 13.5 Å². The van der Waals surface area contributed by atoms with Gasteiger partial charge in [-0.1, -0.05) is 18.2 Å². The number of rotatable bonds is 5. The number of nitrogens with zero attached hydrogens (tertiary/aromatic N) is 3. The molecule has 5 aromatic rings. The number of ether oxygens (including phenoxy) is 1. The third kappa shape index (κ3) is 4.27. The zero-order valence-electron chi connectivity index (χ0n) is 17.7. The Bertz CT molecular complexity index is 1510. The lowest BCUT2D eigenvalue weighted by Gasteiger charge is -2.07. The highest BCUT2D eigenvalue weighted by Crippen LogP contribution is 2.20. The average Bonchev–Trinajstić information content (AvgIpc) is 3.24. The van der Waals surface area contributed by atoms with E-state index in [-0.39, 0.29) is 12.5 Å². The maximum absolute atomic E-state index is 12.6. The molecule has 162 valence electrons. The van der Waals surface area contributed by atoms with Crippen molar-refractivity contribution in [2.24, 2.45) is 0 Å². The first-order chi connectivity index (χ1) is 16.1. The Morgan fingerprint density at radius 1 is 0.970 bits per heavy atom. The number of aromatic amines is 1. The van der Waals surface area contributed by atoms with Gasteiger partial charge in [0.1, 0.15) is 12.3 Å². The number of pyridine rings is 1. The number of hydrogen-bond donors (Lipinski definition) is 2. The number of anilines is 1. The van der Waals surface area contributed by atoms with E-state index in [1.807, 2.05) is 37.3 Å². The topological polar surface area (TPSA) is 110 Å². The maximum Gasteiger partial charge on any atom is 0.338 e. The fourth-order valence-corrected chi connectivity index (χ4v) is 3.56. The molecule has 0 aliphatic heterocycles. The maximum atomic E-state index is 12.6. The summed E-state index contributed by atoms with van der Waals surface area (Å²) in [5.74, 6) is -0.653. The summed E-state index contributed by atoms with van der Waals surface area (Å²) in [6.07, 6.45) is 4.76. The number of hydrogen-bond acceptors (Lipinski definition) is 6. The monoisotopic (exact) mass is 437 g/mol. The molecule has 0 saturated heterocycles. The molecule has 3 aromatic heterocycles. The minimum absolute atomic E-state index is 0.0542. The predicted molar refractivity (Wildman–Crippen MR) is 124 cm³/mol. The van der Waals surface area contributed by atoms with Crippen LogP contribution in [0.1, 0.15) is 32.0 Å². The second-order valence-electron chi connectivity index (χ2n) is 7.56. The fraction of sp³-hybridized carbons (Fsp3) is 0.0800. The highest BCUT2D eigenvalue weighted by Gasteiger charge is 2.12. The number of H-pyrrole nitrogens is 1. The van der Waals surface area contributed by atoms with Crippen molar-refractivity contribution in [1.82, 2.24) is 19.9 Å². The van der Waals surface area contributed by atoms with Crippen LogP contribution in [-0.2, 0) is 11.3 Å². The number of amides is 1. The average molecular weight is 437 g/mol. The molecular weight excluding hydrogens is 418 g/mol. The predicted octanol–water partition coefficient (Wildman–Crippen LogP) is 4.42. The molecule has 0 aliphatic carbocycles. The molecule has 3 heterocycles. The summed E-state index contributed by atoms with van der Waals surface area (Å²) >= 11 is 0. The summed E-state index contributed by atoms with van der Waals surface area (Å²) in [5.41, 5.74) is 5.15. The van der Waals surface area contributed by atoms with Crippen LogP contribution in [0.25, 0.3) is 22.1 Å². The largest absolute Gasteiger partial charge is 0.456 e. The van der Waals surface area contributed by atoms with E-state index in [0.717, 1.165) is 10.9 Å². The summed E-state index contributed by atoms with van der Waals surface area (Å²) in [6.45, 7) is 1.94. The highest BCUT2D eigenvalue weighted by atomic mass is 16.5. The van der Waals surface area contributed by atoms with Crippen molar-refractivity contribution in [3.8, 4) is 0 Å². The molecule has 2 N–H and O–H groups in total. The molecule has 0 fully saturated rings. The van der Waals surface area contributed by atoms with E-state index in [2.05, 4.69) is 25.3 Å². The molecule has 0 radical (unpaired) electrons. The smallest absolute Gasteiger partial charge is 0.338 e. The Labute approximate surface area is 188 Å². The molecule has 5 rings (SSSR count). The third-order valence-electron chi connectivity index (χ3n) is 5.24. The van der Waals surface area contributed by atoms with Crippen molar-refractivity contribution in [3.63, 3.8) is 0 Å². The summed E-state index contributed by atoms with van der Waals surface area (Å²) in [4.78, 5) is 40.9. The second kappa shape index (κ2) is 8.51. The Kier molecular flexibility index (Phi) is 5.24. The van der Waals surface area contributed by atoms with Gasteiger partial charge in [-0.3, -0.25) is 14.8 Å². The van der Waals surface area contributed by atoms with Crippen molar-refractivity contribution in [2.75, 3.05) is 5.32 Å². The van der Waals surface area contributed by atoms with Crippen LogP contribution in [0.4, 0.5) is 5.69 Å². The van der Waals surface area contributed by atoms with E-state index in [4.69, 9.17) is 4.74 Å². The minimum Gasteiger partial charge on any atom is -0.456 e. The summed E-state index contributed by atoms with van der Waals surface area (Å²) < 4.78 is 5.44. The summed E-state index contributed by atoms with van der Waals surface area (Å²) in [6, 6.07) is 16.1. The Hall–Kier alpha value is -4.59. The number of benzene rings is 2. The molecule has 0 atom stereocenters. The molecular formula is C25H19N5O3. The van der Waals surface area contributed by atoms with E-state index in [1.54, 1.807) is 42.9 Å². The van der Waals surface area contributed by atoms with Crippen LogP contribution in [0.2, 0.25) is 0 Å². The van der Waals surface area contributed by atoms with Crippen molar-refractivity contribution < 1.29 is 14.3 Å². The van der Waals surface area contributed by atoms with Gasteiger partial charge in [0, 0.05) is 23.3 Å². The van der Waals surface area contributed by atoms with Gasteiger partial charge in [-0.05, 0) is 48.9 Å². The number of aryl methyl sites for hydroxylation is 1. The molecule has 0 unspecified atom stereocenters. The lowest BCUT2D eigenvalue weighted by atomic mass is 10.1. The number of carbonyl (C=O) groups is 2. The first-order valence-electron chi connectivity index (χ1n) is 10.3. The third-order valence-corrected chi connectivity index (χ3v) is 5.24. The quantitative estimate of drug-likeness (QED) is 0.394. The number of nitrogens with one attached hydrogen (secondary N) is 2. The lowest BCUT2D eigenvalue weighted by Crippen LogP contribution is -2.13. The minimum atomic E-state index is -0.458. The van der Waals surface area contributed by atoms with Crippen LogP contribution in [0, 0.1) is 6.92 Å². The highest BCUT2D eigenvalue weighted by molar-refractivity contribution is 6.05. The van der Waals surface area contributed by atoms with Crippen molar-refractivity contribution in [1.29, 1.82) is 0 Å². The molecule has 8 nitrogen and oxygen atoms in total. The lowest BCUT2D eigenvalue weighted by molar-refractivity contribution is 0.0468. The molecule has 0 bridgehead atoms. The van der Waals surface area contributed by atoms with Gasteiger partial charge < -0.3 is 15.0 Å². The molecule has 0 aliphatic rings. The first kappa shape index (κ1) is 20.3. The Morgan fingerprint density at radius 2 is 1.79 bits per heavy atom. The van der Waals surface area contributed by atoms with E-state index in [1.165, 1.54) is 0 Å². The van der Waals surface area contributed by atoms with Crippen LogP contribution in [0.5, 0.6) is 0 Å². The summed E-state index contributed by atoms with van der Waals surface area (Å²) in [5, 5.41) is 3.67. The van der Waals surface area contributed by atoms with E-state index in [9.17, 15) is 9.59 Å². The Morgan fingerprint density at radius 3 is 2.64 bits per heavy atom. The Balaban J connectivity index is 1.28. The van der Waals surface area contributed by atoms with Gasteiger partial charge >= 0.3 is 5.97 Å². The van der Waals surface area contributed by atoms with Gasteiger partial charge in [-0.2, -0.15) is 0 Å². The molecule has 2 aromatic carbocycles.